The Kier molecular flexibility index (Phi) is 7.10. The first-order valence-electron chi connectivity index (χ1n) is 8.16. The lowest BCUT2D eigenvalue weighted by atomic mass is 9.54. The summed E-state index contributed by atoms with van der Waals surface area (Å²) in [4.78, 5) is 12.3. The molecule has 1 amide bonds. The monoisotopic (exact) mass is 300 g/mol. The average molecular weight is 300 g/mol. The number of carbonyl (C=O) groups excluding carboxylic acids is 1. The van der Waals surface area contributed by atoms with Crippen molar-refractivity contribution in [2.45, 2.75) is 65.0 Å². The van der Waals surface area contributed by atoms with Crippen LogP contribution in [-0.4, -0.2) is 43.9 Å². The SMILES string of the molecule is CCCCOCCCNC(=O)C1(N)CC(OCC)C1(C)C. The number of unbranched alkanes of at least 4 members (excludes halogenated alkanes) is 1. The maximum absolute atomic E-state index is 12.3. The molecule has 0 heterocycles. The van der Waals surface area contributed by atoms with Crippen molar-refractivity contribution in [1.82, 2.24) is 5.32 Å². The molecule has 0 radical (unpaired) electrons. The number of rotatable bonds is 10. The van der Waals surface area contributed by atoms with Crippen molar-refractivity contribution in [1.29, 1.82) is 0 Å². The fraction of sp³-hybridized carbons (Fsp3) is 0.938. The van der Waals surface area contributed by atoms with Gasteiger partial charge in [-0.15, -0.1) is 0 Å². The van der Waals surface area contributed by atoms with Gasteiger partial charge in [0.2, 0.25) is 5.91 Å². The number of carbonyl (C=O) groups is 1. The second-order valence-electron chi connectivity index (χ2n) is 6.42. The van der Waals surface area contributed by atoms with E-state index in [0.717, 1.165) is 25.9 Å². The van der Waals surface area contributed by atoms with Crippen LogP contribution < -0.4 is 11.1 Å². The number of hydrogen-bond acceptors (Lipinski definition) is 4. The Morgan fingerprint density at radius 1 is 1.29 bits per heavy atom. The van der Waals surface area contributed by atoms with Crippen LogP contribution in [0.25, 0.3) is 0 Å². The van der Waals surface area contributed by atoms with Crippen molar-refractivity contribution in [3.8, 4) is 0 Å². The molecule has 3 N–H and O–H groups in total. The van der Waals surface area contributed by atoms with Crippen LogP contribution >= 0.6 is 0 Å². The summed E-state index contributed by atoms with van der Waals surface area (Å²) >= 11 is 0. The van der Waals surface area contributed by atoms with E-state index in [1.807, 2.05) is 20.8 Å². The standard InChI is InChI=1S/C16H32N2O3/c1-5-7-10-20-11-8-9-18-14(19)16(17)12-13(21-6-2)15(16,3)4/h13H,5-12,17H2,1-4H3,(H,18,19). The third-order valence-corrected chi connectivity index (χ3v) is 4.63. The Bertz CT molecular complexity index is 333. The van der Waals surface area contributed by atoms with Gasteiger partial charge in [-0.2, -0.15) is 0 Å². The van der Waals surface area contributed by atoms with E-state index < -0.39 is 5.54 Å². The van der Waals surface area contributed by atoms with E-state index in [1.165, 1.54) is 0 Å². The van der Waals surface area contributed by atoms with Gasteiger partial charge in [0.25, 0.3) is 0 Å². The van der Waals surface area contributed by atoms with Crippen molar-refractivity contribution < 1.29 is 14.3 Å². The third-order valence-electron chi connectivity index (χ3n) is 4.63. The second kappa shape index (κ2) is 8.11. The first kappa shape index (κ1) is 18.4. The summed E-state index contributed by atoms with van der Waals surface area (Å²) in [6.45, 7) is 10.9. The largest absolute Gasteiger partial charge is 0.381 e. The normalized spacial score (nSPS) is 27.2. The molecule has 1 rings (SSSR count). The lowest BCUT2D eigenvalue weighted by Gasteiger charge is -2.57. The topological polar surface area (TPSA) is 73.6 Å². The molecular weight excluding hydrogens is 268 g/mol. The van der Waals surface area contributed by atoms with Gasteiger partial charge >= 0.3 is 0 Å². The van der Waals surface area contributed by atoms with Gasteiger partial charge in [0.1, 0.15) is 5.54 Å². The summed E-state index contributed by atoms with van der Waals surface area (Å²) in [5.74, 6) is -0.0722. The number of hydrogen-bond donors (Lipinski definition) is 2. The number of nitrogens with one attached hydrogen (secondary N) is 1. The van der Waals surface area contributed by atoms with Gasteiger partial charge in [-0.25, -0.2) is 0 Å². The van der Waals surface area contributed by atoms with Gasteiger partial charge in [0.05, 0.1) is 6.10 Å². The molecule has 124 valence electrons. The first-order chi connectivity index (χ1) is 9.90. The Labute approximate surface area is 128 Å². The first-order valence-corrected chi connectivity index (χ1v) is 8.16. The molecule has 1 fully saturated rings. The van der Waals surface area contributed by atoms with Gasteiger partial charge in [-0.3, -0.25) is 4.79 Å². The number of nitrogens with two attached hydrogens (primary N) is 1. The molecule has 1 aliphatic rings. The van der Waals surface area contributed by atoms with Gasteiger partial charge in [0.15, 0.2) is 0 Å². The molecule has 0 aromatic rings. The van der Waals surface area contributed by atoms with Crippen LogP contribution in [0.15, 0.2) is 0 Å². The molecule has 0 spiro atoms. The van der Waals surface area contributed by atoms with Crippen LogP contribution in [0, 0.1) is 5.41 Å². The predicted octanol–water partition coefficient (Wildman–Crippen LogP) is 1.84. The quantitative estimate of drug-likeness (QED) is 0.604. The van der Waals surface area contributed by atoms with Crippen LogP contribution in [0.5, 0.6) is 0 Å². The third kappa shape index (κ3) is 4.18. The van der Waals surface area contributed by atoms with E-state index in [0.29, 0.717) is 26.2 Å². The molecule has 0 aromatic carbocycles. The average Bonchev–Trinajstić information content (AvgIpc) is 2.45. The minimum Gasteiger partial charge on any atom is -0.381 e. The van der Waals surface area contributed by atoms with E-state index in [-0.39, 0.29) is 17.4 Å². The highest BCUT2D eigenvalue weighted by atomic mass is 16.5. The summed E-state index contributed by atoms with van der Waals surface area (Å²) in [6.07, 6.45) is 3.71. The molecule has 0 saturated heterocycles. The lowest BCUT2D eigenvalue weighted by Crippen LogP contribution is -2.75. The minimum absolute atomic E-state index is 0.0654. The van der Waals surface area contributed by atoms with Crippen molar-refractivity contribution in [2.75, 3.05) is 26.4 Å². The Morgan fingerprint density at radius 2 is 1.95 bits per heavy atom. The molecule has 5 heteroatoms. The molecule has 1 aliphatic carbocycles. The van der Waals surface area contributed by atoms with Gasteiger partial charge in [-0.1, -0.05) is 27.2 Å². The summed E-state index contributed by atoms with van der Waals surface area (Å²) in [5, 5.41) is 2.93. The molecule has 21 heavy (non-hydrogen) atoms. The van der Waals surface area contributed by atoms with Crippen molar-refractivity contribution >= 4 is 5.91 Å². The molecule has 1 saturated carbocycles. The van der Waals surface area contributed by atoms with Crippen LogP contribution in [0.1, 0.15) is 53.4 Å². The smallest absolute Gasteiger partial charge is 0.240 e. The van der Waals surface area contributed by atoms with Gasteiger partial charge in [0, 0.05) is 38.2 Å². The van der Waals surface area contributed by atoms with E-state index in [4.69, 9.17) is 15.2 Å². The molecule has 5 nitrogen and oxygen atoms in total. The second-order valence-corrected chi connectivity index (χ2v) is 6.42. The zero-order valence-electron chi connectivity index (χ0n) is 14.0. The van der Waals surface area contributed by atoms with E-state index >= 15 is 0 Å². The Balaban J connectivity index is 2.26. The highest BCUT2D eigenvalue weighted by molar-refractivity contribution is 5.88. The maximum Gasteiger partial charge on any atom is 0.240 e. The van der Waals surface area contributed by atoms with Gasteiger partial charge in [-0.05, 0) is 19.8 Å². The van der Waals surface area contributed by atoms with E-state index in [9.17, 15) is 4.79 Å². The van der Waals surface area contributed by atoms with Crippen LogP contribution in [0.4, 0.5) is 0 Å². The molecular formula is C16H32N2O3. The van der Waals surface area contributed by atoms with Crippen LogP contribution in [-0.2, 0) is 14.3 Å². The van der Waals surface area contributed by atoms with Crippen molar-refractivity contribution in [3.63, 3.8) is 0 Å². The summed E-state index contributed by atoms with van der Waals surface area (Å²) in [7, 11) is 0. The zero-order chi connectivity index (χ0) is 15.9. The lowest BCUT2D eigenvalue weighted by molar-refractivity contribution is -0.170. The summed E-state index contributed by atoms with van der Waals surface area (Å²) in [5.41, 5.74) is 5.15. The Hall–Kier alpha value is -0.650. The number of amides is 1. The maximum atomic E-state index is 12.3. The molecule has 0 aromatic heterocycles. The van der Waals surface area contributed by atoms with E-state index in [2.05, 4.69) is 12.2 Å². The molecule has 2 unspecified atom stereocenters. The number of ether oxygens (including phenoxy) is 2. The fourth-order valence-corrected chi connectivity index (χ4v) is 2.70. The highest BCUT2D eigenvalue weighted by Gasteiger charge is 2.62. The zero-order valence-corrected chi connectivity index (χ0v) is 14.0. The van der Waals surface area contributed by atoms with Crippen LogP contribution in [0.2, 0.25) is 0 Å². The summed E-state index contributed by atoms with van der Waals surface area (Å²) < 4.78 is 11.1. The van der Waals surface area contributed by atoms with Gasteiger partial charge < -0.3 is 20.5 Å². The predicted molar refractivity (Wildman–Crippen MR) is 84.1 cm³/mol. The van der Waals surface area contributed by atoms with Crippen LogP contribution in [0.3, 0.4) is 0 Å². The minimum atomic E-state index is -0.824. The molecule has 2 atom stereocenters. The summed E-state index contributed by atoms with van der Waals surface area (Å²) in [6, 6.07) is 0. The molecule has 0 bridgehead atoms. The Morgan fingerprint density at radius 3 is 2.52 bits per heavy atom. The fourth-order valence-electron chi connectivity index (χ4n) is 2.70. The van der Waals surface area contributed by atoms with Crippen molar-refractivity contribution in [3.05, 3.63) is 0 Å². The van der Waals surface area contributed by atoms with Crippen molar-refractivity contribution in [2.24, 2.45) is 11.1 Å². The molecule has 0 aliphatic heterocycles. The van der Waals surface area contributed by atoms with E-state index in [1.54, 1.807) is 0 Å². The highest BCUT2D eigenvalue weighted by Crippen LogP contribution is 2.49.